The molecule has 2 heterocycles. The molecule has 0 atom stereocenters. The van der Waals surface area contributed by atoms with E-state index in [-0.39, 0.29) is 17.7 Å². The quantitative estimate of drug-likeness (QED) is 0.856. The number of nitrogens with zero attached hydrogens (tertiary/aromatic N) is 2. The van der Waals surface area contributed by atoms with E-state index in [0.717, 1.165) is 51.1 Å². The molecule has 0 unspecified atom stereocenters. The van der Waals surface area contributed by atoms with Crippen molar-refractivity contribution in [1.29, 1.82) is 0 Å². The number of rotatable bonds is 4. The van der Waals surface area contributed by atoms with Crippen molar-refractivity contribution in [2.45, 2.75) is 19.4 Å². The third kappa shape index (κ3) is 4.85. The van der Waals surface area contributed by atoms with Gasteiger partial charge in [-0.15, -0.1) is 0 Å². The normalized spacial score (nSPS) is 18.6. The standard InChI is InChI=1S/C24H29N3O2/c28-23(21-9-5-2-6-10-21)26-13-11-22(12-14-26)24(29)27-17-15-25(16-18-27)19-20-7-3-1-4-8-20/h1-10,22H,11-19H2/p+1. The minimum Gasteiger partial charge on any atom is -0.339 e. The fourth-order valence-corrected chi connectivity index (χ4v) is 4.46. The molecule has 2 aromatic rings. The van der Waals surface area contributed by atoms with Crippen LogP contribution in [0.5, 0.6) is 0 Å². The van der Waals surface area contributed by atoms with E-state index in [4.69, 9.17) is 0 Å². The number of nitrogens with one attached hydrogen (secondary N) is 1. The monoisotopic (exact) mass is 392 g/mol. The maximum absolute atomic E-state index is 13.0. The Morgan fingerprint density at radius 1 is 0.793 bits per heavy atom. The number of likely N-dealkylation sites (tertiary alicyclic amines) is 1. The minimum absolute atomic E-state index is 0.0606. The van der Waals surface area contributed by atoms with Crippen molar-refractivity contribution in [3.63, 3.8) is 0 Å². The molecule has 0 aliphatic carbocycles. The highest BCUT2D eigenvalue weighted by Gasteiger charge is 2.32. The van der Waals surface area contributed by atoms with Crippen LogP contribution in [0, 0.1) is 5.92 Å². The first-order valence-electron chi connectivity index (χ1n) is 10.7. The second kappa shape index (κ2) is 9.23. The number of amides is 2. The lowest BCUT2D eigenvalue weighted by Crippen LogP contribution is -3.13. The van der Waals surface area contributed by atoms with E-state index in [0.29, 0.717) is 13.1 Å². The first-order valence-corrected chi connectivity index (χ1v) is 10.7. The summed E-state index contributed by atoms with van der Waals surface area (Å²) in [7, 11) is 0. The van der Waals surface area contributed by atoms with Gasteiger partial charge in [-0.25, -0.2) is 0 Å². The summed E-state index contributed by atoms with van der Waals surface area (Å²) in [6.45, 7) is 6.06. The number of carbonyl (C=O) groups is 2. The Kier molecular flexibility index (Phi) is 6.25. The van der Waals surface area contributed by atoms with Crippen LogP contribution in [0.4, 0.5) is 0 Å². The predicted molar refractivity (Wildman–Crippen MR) is 112 cm³/mol. The van der Waals surface area contributed by atoms with E-state index < -0.39 is 0 Å². The largest absolute Gasteiger partial charge is 0.339 e. The number of quaternary nitrogens is 1. The van der Waals surface area contributed by atoms with E-state index in [2.05, 4.69) is 24.3 Å². The van der Waals surface area contributed by atoms with Crippen molar-refractivity contribution in [2.75, 3.05) is 39.3 Å². The highest BCUT2D eigenvalue weighted by atomic mass is 16.2. The first-order chi connectivity index (χ1) is 14.2. The number of piperazine rings is 1. The Morgan fingerprint density at radius 2 is 1.38 bits per heavy atom. The van der Waals surface area contributed by atoms with E-state index in [1.165, 1.54) is 5.56 Å². The molecule has 2 amide bonds. The van der Waals surface area contributed by atoms with Gasteiger partial charge in [0.1, 0.15) is 6.54 Å². The first kappa shape index (κ1) is 19.6. The maximum atomic E-state index is 13.0. The molecule has 0 bridgehead atoms. The third-order valence-electron chi connectivity index (χ3n) is 6.23. The summed E-state index contributed by atoms with van der Waals surface area (Å²) in [4.78, 5) is 31.1. The van der Waals surface area contributed by atoms with E-state index in [1.54, 1.807) is 4.90 Å². The lowest BCUT2D eigenvalue weighted by Gasteiger charge is -2.37. The number of benzene rings is 2. The summed E-state index contributed by atoms with van der Waals surface area (Å²) in [5, 5.41) is 0. The third-order valence-corrected chi connectivity index (χ3v) is 6.23. The van der Waals surface area contributed by atoms with Gasteiger partial charge >= 0.3 is 0 Å². The Balaban J connectivity index is 1.23. The molecule has 0 spiro atoms. The average Bonchev–Trinajstić information content (AvgIpc) is 2.80. The van der Waals surface area contributed by atoms with Crippen molar-refractivity contribution < 1.29 is 14.5 Å². The predicted octanol–water partition coefficient (Wildman–Crippen LogP) is 1.47. The summed E-state index contributed by atoms with van der Waals surface area (Å²) in [5.74, 6) is 0.427. The van der Waals surface area contributed by atoms with Crippen LogP contribution in [0.3, 0.4) is 0 Å². The molecule has 4 rings (SSSR count). The molecule has 2 aromatic carbocycles. The average molecular weight is 393 g/mol. The fraction of sp³-hybridized carbons (Fsp3) is 0.417. The van der Waals surface area contributed by atoms with Crippen LogP contribution in [0.2, 0.25) is 0 Å². The fourth-order valence-electron chi connectivity index (χ4n) is 4.46. The number of hydrogen-bond donors (Lipinski definition) is 1. The van der Waals surface area contributed by atoms with E-state index in [9.17, 15) is 9.59 Å². The second-order valence-electron chi connectivity index (χ2n) is 8.17. The maximum Gasteiger partial charge on any atom is 0.253 e. The molecule has 2 saturated heterocycles. The molecule has 5 nitrogen and oxygen atoms in total. The zero-order valence-corrected chi connectivity index (χ0v) is 16.9. The van der Waals surface area contributed by atoms with Gasteiger partial charge in [-0.2, -0.15) is 0 Å². The van der Waals surface area contributed by atoms with Crippen LogP contribution >= 0.6 is 0 Å². The van der Waals surface area contributed by atoms with Crippen molar-refractivity contribution in [3.8, 4) is 0 Å². The Hall–Kier alpha value is -2.66. The zero-order valence-electron chi connectivity index (χ0n) is 16.9. The van der Waals surface area contributed by atoms with Gasteiger partial charge in [0.05, 0.1) is 26.2 Å². The summed E-state index contributed by atoms with van der Waals surface area (Å²) < 4.78 is 0. The van der Waals surface area contributed by atoms with Gasteiger partial charge in [0, 0.05) is 30.1 Å². The van der Waals surface area contributed by atoms with Gasteiger partial charge in [-0.1, -0.05) is 48.5 Å². The smallest absolute Gasteiger partial charge is 0.253 e. The second-order valence-corrected chi connectivity index (χ2v) is 8.17. The summed E-state index contributed by atoms with van der Waals surface area (Å²) in [5.41, 5.74) is 2.09. The Labute approximate surface area is 172 Å². The minimum atomic E-state index is 0.0606. The molecule has 0 aromatic heterocycles. The lowest BCUT2D eigenvalue weighted by atomic mass is 9.94. The molecule has 2 aliphatic heterocycles. The topological polar surface area (TPSA) is 45.1 Å². The van der Waals surface area contributed by atoms with Gasteiger partial charge in [-0.3, -0.25) is 9.59 Å². The summed E-state index contributed by atoms with van der Waals surface area (Å²) in [6, 6.07) is 20.0. The number of hydrogen-bond acceptors (Lipinski definition) is 2. The van der Waals surface area contributed by atoms with Crippen LogP contribution in [0.1, 0.15) is 28.8 Å². The summed E-state index contributed by atoms with van der Waals surface area (Å²) >= 11 is 0. The van der Waals surface area contributed by atoms with Gasteiger partial charge < -0.3 is 14.7 Å². The van der Waals surface area contributed by atoms with Gasteiger partial charge in [-0.05, 0) is 25.0 Å². The number of piperidine rings is 1. The highest BCUT2D eigenvalue weighted by Crippen LogP contribution is 2.21. The molecular weight excluding hydrogens is 362 g/mol. The van der Waals surface area contributed by atoms with E-state index >= 15 is 0 Å². The Morgan fingerprint density at radius 3 is 2.00 bits per heavy atom. The Bertz CT molecular complexity index is 809. The van der Waals surface area contributed by atoms with Crippen molar-refractivity contribution in [2.24, 2.45) is 5.92 Å². The molecule has 2 fully saturated rings. The molecule has 29 heavy (non-hydrogen) atoms. The zero-order chi connectivity index (χ0) is 20.1. The summed E-state index contributed by atoms with van der Waals surface area (Å²) in [6.07, 6.45) is 1.54. The molecule has 1 N–H and O–H groups in total. The van der Waals surface area contributed by atoms with E-state index in [1.807, 2.05) is 46.2 Å². The molecular formula is C24H30N3O2+. The molecule has 2 aliphatic rings. The van der Waals surface area contributed by atoms with Crippen molar-refractivity contribution in [1.82, 2.24) is 9.80 Å². The highest BCUT2D eigenvalue weighted by molar-refractivity contribution is 5.94. The number of carbonyl (C=O) groups excluding carboxylic acids is 2. The van der Waals surface area contributed by atoms with Gasteiger partial charge in [0.2, 0.25) is 5.91 Å². The molecule has 5 heteroatoms. The van der Waals surface area contributed by atoms with Crippen molar-refractivity contribution >= 4 is 11.8 Å². The van der Waals surface area contributed by atoms with Crippen LogP contribution < -0.4 is 4.90 Å². The SMILES string of the molecule is O=C(c1ccccc1)N1CCC(C(=O)N2CC[NH+](Cc3ccccc3)CC2)CC1. The van der Waals surface area contributed by atoms with Crippen molar-refractivity contribution in [3.05, 3.63) is 71.8 Å². The van der Waals surface area contributed by atoms with Crippen LogP contribution in [0.25, 0.3) is 0 Å². The molecule has 0 radical (unpaired) electrons. The lowest BCUT2D eigenvalue weighted by molar-refractivity contribution is -0.917. The van der Waals surface area contributed by atoms with Crippen LogP contribution in [0.15, 0.2) is 60.7 Å². The van der Waals surface area contributed by atoms with Gasteiger partial charge in [0.25, 0.3) is 5.91 Å². The van der Waals surface area contributed by atoms with Crippen LogP contribution in [-0.4, -0.2) is 60.9 Å². The molecule has 0 saturated carbocycles. The van der Waals surface area contributed by atoms with Gasteiger partial charge in [0.15, 0.2) is 0 Å². The van der Waals surface area contributed by atoms with Crippen LogP contribution in [-0.2, 0) is 11.3 Å². The molecule has 152 valence electrons.